The maximum Gasteiger partial charge on any atom is 0.328 e. The van der Waals surface area contributed by atoms with Crippen molar-refractivity contribution in [2.24, 2.45) is 0 Å². The molecule has 0 saturated heterocycles. The normalized spacial score (nSPS) is 11.7. The largest absolute Gasteiger partial charge is 0.478 e. The van der Waals surface area contributed by atoms with E-state index in [1.54, 1.807) is 11.3 Å². The van der Waals surface area contributed by atoms with Crippen molar-refractivity contribution in [3.63, 3.8) is 0 Å². The molecule has 0 fully saturated rings. The molecule has 0 aromatic carbocycles. The van der Waals surface area contributed by atoms with Crippen LogP contribution in [-0.4, -0.2) is 31.7 Å². The first-order chi connectivity index (χ1) is 10.5. The molecule has 1 atom stereocenters. The summed E-state index contributed by atoms with van der Waals surface area (Å²) in [5.41, 5.74) is 2.81. The Morgan fingerprint density at radius 1 is 1.32 bits per heavy atom. The highest BCUT2D eigenvalue weighted by molar-refractivity contribution is 7.08. The van der Waals surface area contributed by atoms with Crippen LogP contribution in [0.5, 0.6) is 0 Å². The standard InChI is InChI=1S/C11H14N2S.C4H4O4/c1-3-11(13-5-4-12-8-13)10-7-14-6-9(10)2;5-3(6)1-2-4(7)8/h4-8,11H,3H2,1-2H3;1-2H,(H,5,6)(H,7,8)/b;2-1+. The van der Waals surface area contributed by atoms with E-state index in [-0.39, 0.29) is 0 Å². The van der Waals surface area contributed by atoms with Crippen molar-refractivity contribution in [1.82, 2.24) is 9.55 Å². The topological polar surface area (TPSA) is 92.4 Å². The van der Waals surface area contributed by atoms with Crippen LogP contribution in [0.25, 0.3) is 0 Å². The molecule has 0 aliphatic rings. The molecule has 2 aromatic rings. The van der Waals surface area contributed by atoms with Crippen molar-refractivity contribution < 1.29 is 19.8 Å². The highest BCUT2D eigenvalue weighted by Gasteiger charge is 2.13. The van der Waals surface area contributed by atoms with Gasteiger partial charge in [0.15, 0.2) is 0 Å². The van der Waals surface area contributed by atoms with Crippen LogP contribution in [0.3, 0.4) is 0 Å². The molecule has 6 nitrogen and oxygen atoms in total. The summed E-state index contributed by atoms with van der Waals surface area (Å²) in [4.78, 5) is 23.2. The molecule has 0 radical (unpaired) electrons. The number of thiophene rings is 1. The second-order valence-electron chi connectivity index (χ2n) is 4.45. The first-order valence-corrected chi connectivity index (χ1v) is 7.54. The summed E-state index contributed by atoms with van der Waals surface area (Å²) in [5.74, 6) is -2.51. The van der Waals surface area contributed by atoms with Crippen LogP contribution >= 0.6 is 11.3 Å². The van der Waals surface area contributed by atoms with Gasteiger partial charge in [0.25, 0.3) is 0 Å². The fourth-order valence-electron chi connectivity index (χ4n) is 1.90. The SMILES string of the molecule is CCC(c1cscc1C)n1ccnc1.O=C(O)/C=C/C(=O)O. The van der Waals surface area contributed by atoms with Crippen molar-refractivity contribution in [3.8, 4) is 0 Å². The number of aromatic nitrogens is 2. The van der Waals surface area contributed by atoms with Gasteiger partial charge in [-0.05, 0) is 35.2 Å². The Balaban J connectivity index is 0.000000261. The van der Waals surface area contributed by atoms with Gasteiger partial charge in [-0.25, -0.2) is 14.6 Å². The molecule has 22 heavy (non-hydrogen) atoms. The van der Waals surface area contributed by atoms with Gasteiger partial charge in [-0.3, -0.25) is 0 Å². The van der Waals surface area contributed by atoms with Gasteiger partial charge in [0.2, 0.25) is 0 Å². The Kier molecular flexibility index (Phi) is 7.04. The van der Waals surface area contributed by atoms with E-state index in [0.717, 1.165) is 6.42 Å². The number of hydrogen-bond acceptors (Lipinski definition) is 4. The lowest BCUT2D eigenvalue weighted by atomic mass is 10.0. The summed E-state index contributed by atoms with van der Waals surface area (Å²) in [7, 11) is 0. The third kappa shape index (κ3) is 5.53. The zero-order chi connectivity index (χ0) is 16.5. The number of carbonyl (C=O) groups is 2. The average molecular weight is 322 g/mol. The lowest BCUT2D eigenvalue weighted by Crippen LogP contribution is -2.07. The van der Waals surface area contributed by atoms with E-state index >= 15 is 0 Å². The molecule has 0 aliphatic heterocycles. The van der Waals surface area contributed by atoms with Gasteiger partial charge in [-0.15, -0.1) is 0 Å². The van der Waals surface area contributed by atoms with Crippen molar-refractivity contribution in [2.45, 2.75) is 26.3 Å². The highest BCUT2D eigenvalue weighted by atomic mass is 32.1. The van der Waals surface area contributed by atoms with Crippen molar-refractivity contribution in [1.29, 1.82) is 0 Å². The molecule has 0 aliphatic carbocycles. The molecule has 118 valence electrons. The maximum atomic E-state index is 9.55. The Morgan fingerprint density at radius 3 is 2.32 bits per heavy atom. The molecular formula is C15H18N2O4S. The molecule has 0 amide bonds. The van der Waals surface area contributed by atoms with Gasteiger partial charge >= 0.3 is 11.9 Å². The number of carboxylic acid groups (broad SMARTS) is 2. The molecular weight excluding hydrogens is 304 g/mol. The minimum absolute atomic E-state index is 0.448. The lowest BCUT2D eigenvalue weighted by molar-refractivity contribution is -0.134. The summed E-state index contributed by atoms with van der Waals surface area (Å²) in [6.45, 7) is 4.38. The third-order valence-electron chi connectivity index (χ3n) is 2.89. The minimum atomic E-state index is -1.26. The van der Waals surface area contributed by atoms with Gasteiger partial charge in [-0.1, -0.05) is 6.92 Å². The van der Waals surface area contributed by atoms with E-state index in [0.29, 0.717) is 18.2 Å². The van der Waals surface area contributed by atoms with Gasteiger partial charge < -0.3 is 14.8 Å². The summed E-state index contributed by atoms with van der Waals surface area (Å²) < 4.78 is 2.18. The second-order valence-corrected chi connectivity index (χ2v) is 5.20. The zero-order valence-electron chi connectivity index (χ0n) is 12.3. The molecule has 0 saturated carbocycles. The predicted molar refractivity (Wildman–Crippen MR) is 84.1 cm³/mol. The number of hydrogen-bond donors (Lipinski definition) is 2. The van der Waals surface area contributed by atoms with Gasteiger partial charge in [0.1, 0.15) is 0 Å². The summed E-state index contributed by atoms with van der Waals surface area (Å²) in [6, 6.07) is 0.448. The number of aliphatic carboxylic acids is 2. The van der Waals surface area contributed by atoms with Crippen LogP contribution in [0.1, 0.15) is 30.5 Å². The predicted octanol–water partition coefficient (Wildman–Crippen LogP) is 2.96. The first kappa shape index (κ1) is 17.6. The molecule has 2 N–H and O–H groups in total. The number of imidazole rings is 1. The van der Waals surface area contributed by atoms with E-state index < -0.39 is 11.9 Å². The summed E-state index contributed by atoms with van der Waals surface area (Å²) in [6.07, 6.45) is 7.99. The van der Waals surface area contributed by atoms with Crippen molar-refractivity contribution >= 4 is 23.3 Å². The quantitative estimate of drug-likeness (QED) is 0.826. The smallest absolute Gasteiger partial charge is 0.328 e. The van der Waals surface area contributed by atoms with Crippen molar-refractivity contribution in [3.05, 3.63) is 52.8 Å². The Labute approximate surface area is 132 Å². The molecule has 1 unspecified atom stereocenters. The van der Waals surface area contributed by atoms with Crippen molar-refractivity contribution in [2.75, 3.05) is 0 Å². The van der Waals surface area contributed by atoms with Crippen LogP contribution in [-0.2, 0) is 9.59 Å². The average Bonchev–Trinajstić information content (AvgIpc) is 3.11. The molecule has 2 aromatic heterocycles. The summed E-state index contributed by atoms with van der Waals surface area (Å²) >= 11 is 1.77. The molecule has 2 heterocycles. The maximum absolute atomic E-state index is 9.55. The number of rotatable bonds is 5. The number of aryl methyl sites for hydroxylation is 1. The Bertz CT molecular complexity index is 616. The monoisotopic (exact) mass is 322 g/mol. The van der Waals surface area contributed by atoms with E-state index in [1.807, 2.05) is 18.7 Å². The van der Waals surface area contributed by atoms with E-state index in [4.69, 9.17) is 10.2 Å². The summed E-state index contributed by atoms with van der Waals surface area (Å²) in [5, 5.41) is 20.1. The van der Waals surface area contributed by atoms with Crippen LogP contribution in [0.4, 0.5) is 0 Å². The van der Waals surface area contributed by atoms with Gasteiger partial charge in [-0.2, -0.15) is 11.3 Å². The second kappa shape index (κ2) is 8.78. The molecule has 0 bridgehead atoms. The van der Waals surface area contributed by atoms with E-state index in [2.05, 4.69) is 34.2 Å². The van der Waals surface area contributed by atoms with E-state index in [9.17, 15) is 9.59 Å². The third-order valence-corrected chi connectivity index (χ3v) is 3.77. The van der Waals surface area contributed by atoms with Gasteiger partial charge in [0.05, 0.1) is 12.4 Å². The fraction of sp³-hybridized carbons (Fsp3) is 0.267. The van der Waals surface area contributed by atoms with Crippen LogP contribution < -0.4 is 0 Å². The molecule has 2 rings (SSSR count). The number of nitrogens with zero attached hydrogens (tertiary/aromatic N) is 2. The zero-order valence-corrected chi connectivity index (χ0v) is 13.2. The Hall–Kier alpha value is -2.41. The van der Waals surface area contributed by atoms with E-state index in [1.165, 1.54) is 11.1 Å². The fourth-order valence-corrected chi connectivity index (χ4v) is 2.80. The lowest BCUT2D eigenvalue weighted by Gasteiger charge is -2.16. The Morgan fingerprint density at radius 2 is 1.95 bits per heavy atom. The van der Waals surface area contributed by atoms with Crippen LogP contribution in [0.2, 0.25) is 0 Å². The minimum Gasteiger partial charge on any atom is -0.478 e. The van der Waals surface area contributed by atoms with Gasteiger partial charge in [0, 0.05) is 24.5 Å². The highest BCUT2D eigenvalue weighted by Crippen LogP contribution is 2.27. The van der Waals surface area contributed by atoms with Crippen LogP contribution in [0, 0.1) is 6.92 Å². The molecule has 7 heteroatoms. The first-order valence-electron chi connectivity index (χ1n) is 6.59. The molecule has 0 spiro atoms. The number of carboxylic acids is 2. The van der Waals surface area contributed by atoms with Crippen LogP contribution in [0.15, 0.2) is 41.6 Å².